The van der Waals surface area contributed by atoms with Crippen LogP contribution in [-0.4, -0.2) is 86.7 Å². The van der Waals surface area contributed by atoms with Crippen LogP contribution < -0.4 is 10.6 Å². The van der Waals surface area contributed by atoms with Crippen LogP contribution in [0.25, 0.3) is 11.0 Å². The number of nitrogens with zero attached hydrogens (tertiary/aromatic N) is 5. The summed E-state index contributed by atoms with van der Waals surface area (Å²) >= 11 is 2.66. The number of imidazole rings is 1. The monoisotopic (exact) mass is 633 g/mol. The number of carboxylic acids is 1. The molecule has 44 heavy (non-hydrogen) atoms. The number of aromatic amines is 2. The first-order chi connectivity index (χ1) is 21.2. The number of nitrogens with one attached hydrogen (secondary N) is 4. The minimum absolute atomic E-state index is 0.000439. The number of rotatable bonds is 10. The Balaban J connectivity index is 1.22. The molecule has 2 aliphatic heterocycles. The first-order valence-corrected chi connectivity index (χ1v) is 15.6. The minimum Gasteiger partial charge on any atom is -0.477 e. The highest BCUT2D eigenvalue weighted by Gasteiger charge is 2.55. The Morgan fingerprint density at radius 2 is 1.86 bits per heavy atom. The van der Waals surface area contributed by atoms with Gasteiger partial charge in [0.1, 0.15) is 23.2 Å². The number of amides is 3. The van der Waals surface area contributed by atoms with E-state index >= 15 is 0 Å². The Morgan fingerprint density at radius 3 is 2.55 bits per heavy atom. The number of hydrogen-bond acceptors (Lipinski definition) is 10. The lowest BCUT2D eigenvalue weighted by atomic mass is 9.96. The third-order valence-electron chi connectivity index (χ3n) is 7.29. The van der Waals surface area contributed by atoms with Crippen molar-refractivity contribution in [2.45, 2.75) is 41.7 Å². The second-order valence-electron chi connectivity index (χ2n) is 10.5. The SMILES string of the molecule is CC(C)C(Sc1nnn[nH]1)C1=C(C(=O)O)N2C(=O)C(NC(=O)C(NC(=O)c3nc4ccccc4[nH]3)c3ccccc3)[C@@H]2SC1. The van der Waals surface area contributed by atoms with Gasteiger partial charge in [-0.1, -0.05) is 68.1 Å². The number of β-lactam (4-membered cyclic amide) rings is 1. The molecule has 14 nitrogen and oxygen atoms in total. The molecule has 16 heteroatoms. The second-order valence-corrected chi connectivity index (χ2v) is 12.7. The van der Waals surface area contributed by atoms with Gasteiger partial charge in [0.05, 0.1) is 11.0 Å². The molecule has 1 fully saturated rings. The van der Waals surface area contributed by atoms with E-state index in [1.165, 1.54) is 28.4 Å². The smallest absolute Gasteiger partial charge is 0.352 e. The van der Waals surface area contributed by atoms with E-state index in [0.717, 1.165) is 0 Å². The lowest BCUT2D eigenvalue weighted by Crippen LogP contribution is -2.71. The van der Waals surface area contributed by atoms with E-state index in [4.69, 9.17) is 0 Å². The molecule has 6 rings (SSSR count). The number of H-pyrrole nitrogens is 2. The maximum Gasteiger partial charge on any atom is 0.352 e. The zero-order valence-corrected chi connectivity index (χ0v) is 25.1. The number of para-hydroxylation sites is 2. The molecule has 0 spiro atoms. The van der Waals surface area contributed by atoms with Crippen molar-refractivity contribution in [3.05, 3.63) is 77.3 Å². The lowest BCUT2D eigenvalue weighted by Gasteiger charge is -2.50. The lowest BCUT2D eigenvalue weighted by molar-refractivity contribution is -0.151. The van der Waals surface area contributed by atoms with E-state index in [2.05, 4.69) is 41.2 Å². The Kier molecular flexibility index (Phi) is 8.09. The molecule has 1 saturated heterocycles. The van der Waals surface area contributed by atoms with Crippen LogP contribution in [0.5, 0.6) is 0 Å². The molecule has 0 saturated carbocycles. The molecule has 226 valence electrons. The number of benzene rings is 2. The molecule has 4 atom stereocenters. The van der Waals surface area contributed by atoms with Gasteiger partial charge >= 0.3 is 5.97 Å². The molecule has 3 unspecified atom stereocenters. The summed E-state index contributed by atoms with van der Waals surface area (Å²) in [6.45, 7) is 3.91. The topological polar surface area (TPSA) is 199 Å². The molecule has 4 aromatic rings. The fraction of sp³-hybridized carbons (Fsp3) is 0.286. The van der Waals surface area contributed by atoms with Gasteiger partial charge in [0.25, 0.3) is 11.8 Å². The zero-order chi connectivity index (χ0) is 31.0. The first kappa shape index (κ1) is 29.4. The molecule has 0 bridgehead atoms. The molecule has 2 aromatic heterocycles. The number of tetrazole rings is 1. The summed E-state index contributed by atoms with van der Waals surface area (Å²) in [5.41, 5.74) is 2.26. The average molecular weight is 634 g/mol. The van der Waals surface area contributed by atoms with E-state index in [1.807, 2.05) is 19.9 Å². The molecule has 5 N–H and O–H groups in total. The van der Waals surface area contributed by atoms with Gasteiger partial charge < -0.3 is 20.7 Å². The van der Waals surface area contributed by atoms with Gasteiger partial charge in [-0.25, -0.2) is 14.9 Å². The van der Waals surface area contributed by atoms with Gasteiger partial charge in [-0.05, 0) is 39.6 Å². The summed E-state index contributed by atoms with van der Waals surface area (Å²) in [6.07, 6.45) is 0. The van der Waals surface area contributed by atoms with Gasteiger partial charge in [-0.15, -0.1) is 16.9 Å². The van der Waals surface area contributed by atoms with Gasteiger partial charge in [0, 0.05) is 11.0 Å². The normalized spacial score (nSPS) is 19.3. The van der Waals surface area contributed by atoms with Crippen molar-refractivity contribution in [3.63, 3.8) is 0 Å². The van der Waals surface area contributed by atoms with E-state index in [0.29, 0.717) is 33.1 Å². The summed E-state index contributed by atoms with van der Waals surface area (Å²) in [7, 11) is 0. The van der Waals surface area contributed by atoms with Crippen molar-refractivity contribution < 1.29 is 24.3 Å². The van der Waals surface area contributed by atoms with Crippen molar-refractivity contribution in [1.29, 1.82) is 0 Å². The molecular formula is C28H27N9O5S2. The number of thioether (sulfide) groups is 2. The maximum absolute atomic E-state index is 13.7. The number of hydrogen-bond donors (Lipinski definition) is 5. The summed E-state index contributed by atoms with van der Waals surface area (Å²) in [5.74, 6) is -2.62. The molecule has 0 radical (unpaired) electrons. The largest absolute Gasteiger partial charge is 0.477 e. The number of fused-ring (bicyclic) bond motifs is 2. The van der Waals surface area contributed by atoms with Gasteiger partial charge in [0.2, 0.25) is 11.1 Å². The predicted molar refractivity (Wildman–Crippen MR) is 161 cm³/mol. The number of aromatic nitrogens is 6. The summed E-state index contributed by atoms with van der Waals surface area (Å²) in [4.78, 5) is 61.3. The van der Waals surface area contributed by atoms with E-state index in [9.17, 15) is 24.3 Å². The number of aliphatic carboxylic acids is 1. The first-order valence-electron chi connectivity index (χ1n) is 13.6. The maximum atomic E-state index is 13.7. The molecule has 0 aliphatic carbocycles. The predicted octanol–water partition coefficient (Wildman–Crippen LogP) is 2.10. The van der Waals surface area contributed by atoms with Crippen LogP contribution in [0.2, 0.25) is 0 Å². The summed E-state index contributed by atoms with van der Waals surface area (Å²) in [6, 6.07) is 13.7. The van der Waals surface area contributed by atoms with Crippen LogP contribution in [-0.2, 0) is 14.4 Å². The molecule has 2 aromatic carbocycles. The van der Waals surface area contributed by atoms with Crippen LogP contribution in [0.3, 0.4) is 0 Å². The molecular weight excluding hydrogens is 607 g/mol. The number of carbonyl (C=O) groups excluding carboxylic acids is 3. The molecule has 2 aliphatic rings. The van der Waals surface area contributed by atoms with Crippen LogP contribution in [0.15, 0.2) is 71.0 Å². The minimum atomic E-state index is -1.23. The molecule has 4 heterocycles. The molecule has 3 amide bonds. The summed E-state index contributed by atoms with van der Waals surface area (Å²) < 4.78 is 0. The van der Waals surface area contributed by atoms with Crippen LogP contribution in [0, 0.1) is 5.92 Å². The Labute approximate surface area is 258 Å². The third kappa shape index (κ3) is 5.53. The fourth-order valence-corrected chi connectivity index (χ4v) is 7.77. The van der Waals surface area contributed by atoms with E-state index in [-0.39, 0.29) is 22.7 Å². The fourth-order valence-electron chi connectivity index (χ4n) is 5.23. The van der Waals surface area contributed by atoms with Crippen LogP contribution in [0.4, 0.5) is 0 Å². The van der Waals surface area contributed by atoms with Crippen molar-refractivity contribution in [2.75, 3.05) is 5.75 Å². The highest BCUT2D eigenvalue weighted by molar-refractivity contribution is 8.01. The van der Waals surface area contributed by atoms with Crippen molar-refractivity contribution in [2.24, 2.45) is 5.92 Å². The van der Waals surface area contributed by atoms with Crippen molar-refractivity contribution in [3.8, 4) is 0 Å². The highest BCUT2D eigenvalue weighted by Crippen LogP contribution is 2.45. The number of carbonyl (C=O) groups is 4. The van der Waals surface area contributed by atoms with Crippen molar-refractivity contribution in [1.82, 2.24) is 46.1 Å². The summed E-state index contributed by atoms with van der Waals surface area (Å²) in [5, 5.41) is 29.0. The van der Waals surface area contributed by atoms with Crippen LogP contribution in [0.1, 0.15) is 36.1 Å². The van der Waals surface area contributed by atoms with Gasteiger partial charge in [-0.2, -0.15) is 0 Å². The Hall–Kier alpha value is -4.70. The highest BCUT2D eigenvalue weighted by atomic mass is 32.2. The van der Waals surface area contributed by atoms with Crippen molar-refractivity contribution >= 4 is 58.2 Å². The quantitative estimate of drug-likeness (QED) is 0.127. The third-order valence-corrected chi connectivity index (χ3v) is 10.1. The zero-order valence-electron chi connectivity index (χ0n) is 23.4. The van der Waals surface area contributed by atoms with Gasteiger partial charge in [0.15, 0.2) is 5.82 Å². The standard InChI is InChI=1S/C28H27N9O5S2/c1-13(2)21(44-28-33-35-36-34-28)15-12-43-26-19(25(40)37(26)20(15)27(41)42)32-23(38)18(14-8-4-3-5-9-14)31-24(39)22-29-16-10-6-7-11-17(16)30-22/h3-11,13,18-19,21,26H,12H2,1-2H3,(H,29,30)(H,31,39)(H,32,38)(H,41,42)(H,33,34,35,36)/t18?,19?,21?,26-/m0/s1. The second kappa shape index (κ2) is 12.1. The average Bonchev–Trinajstić information content (AvgIpc) is 3.71. The van der Waals surface area contributed by atoms with Gasteiger partial charge in [-0.3, -0.25) is 19.3 Å². The Bertz CT molecular complexity index is 1730. The van der Waals surface area contributed by atoms with Crippen LogP contribution >= 0.6 is 23.5 Å². The Morgan fingerprint density at radius 1 is 1.11 bits per heavy atom. The number of carboxylic acid groups (broad SMARTS) is 1. The van der Waals surface area contributed by atoms with E-state index in [1.54, 1.807) is 48.5 Å². The van der Waals surface area contributed by atoms with E-state index < -0.39 is 41.1 Å².